The lowest BCUT2D eigenvalue weighted by Gasteiger charge is -2.06. The lowest BCUT2D eigenvalue weighted by Crippen LogP contribution is -2.22. The molecule has 1 aliphatic heterocycles. The molecule has 3 N–H and O–H groups in total. The lowest BCUT2D eigenvalue weighted by molar-refractivity contribution is 0.871. The standard InChI is InChI=1S/C5H7ClN2/c6-4-1-2-8-5(7)3-4/h1,3,8H,2,7H2. The third-order valence-electron chi connectivity index (χ3n) is 0.897. The molecular formula is C5H7ClN2. The van der Waals surface area contributed by atoms with E-state index in [0.717, 1.165) is 6.54 Å². The average Bonchev–Trinajstić information content (AvgIpc) is 1.64. The fraction of sp³-hybridized carbons (Fsp3) is 0.200. The Kier molecular flexibility index (Phi) is 1.44. The zero-order chi connectivity index (χ0) is 5.98. The Bertz CT molecular complexity index is 149. The number of nitrogens with two attached hydrogens (primary N) is 1. The van der Waals surface area contributed by atoms with E-state index in [9.17, 15) is 0 Å². The van der Waals surface area contributed by atoms with Crippen LogP contribution in [0, 0.1) is 0 Å². The molecule has 44 valence electrons. The first kappa shape index (κ1) is 5.51. The van der Waals surface area contributed by atoms with Crippen molar-refractivity contribution in [3.8, 4) is 0 Å². The van der Waals surface area contributed by atoms with Gasteiger partial charge in [-0.15, -0.1) is 0 Å². The Balaban J connectivity index is 2.69. The fourth-order valence-corrected chi connectivity index (χ4v) is 0.720. The predicted octanol–water partition coefficient (Wildman–Crippen LogP) is 0.512. The summed E-state index contributed by atoms with van der Waals surface area (Å²) < 4.78 is 0. The lowest BCUT2D eigenvalue weighted by atomic mass is 10.4. The van der Waals surface area contributed by atoms with Crippen molar-refractivity contribution >= 4 is 11.6 Å². The van der Waals surface area contributed by atoms with Crippen LogP contribution in [0.25, 0.3) is 0 Å². The molecule has 1 aliphatic rings. The third-order valence-corrected chi connectivity index (χ3v) is 1.16. The van der Waals surface area contributed by atoms with Gasteiger partial charge in [0.15, 0.2) is 0 Å². The van der Waals surface area contributed by atoms with Gasteiger partial charge in [-0.05, 0) is 12.2 Å². The van der Waals surface area contributed by atoms with Gasteiger partial charge in [-0.3, -0.25) is 0 Å². The SMILES string of the molecule is NC1=CC(Cl)=CCN1. The van der Waals surface area contributed by atoms with Gasteiger partial charge in [-0.1, -0.05) is 11.6 Å². The molecular weight excluding hydrogens is 124 g/mol. The molecule has 2 nitrogen and oxygen atoms in total. The molecule has 3 heteroatoms. The van der Waals surface area contributed by atoms with Gasteiger partial charge in [0.2, 0.25) is 0 Å². The smallest absolute Gasteiger partial charge is 0.0977 e. The van der Waals surface area contributed by atoms with Crippen LogP contribution in [-0.2, 0) is 0 Å². The topological polar surface area (TPSA) is 38.0 Å². The predicted molar refractivity (Wildman–Crippen MR) is 34.2 cm³/mol. The number of allylic oxidation sites excluding steroid dienone is 2. The van der Waals surface area contributed by atoms with E-state index in [-0.39, 0.29) is 0 Å². The maximum absolute atomic E-state index is 5.58. The summed E-state index contributed by atoms with van der Waals surface area (Å²) in [7, 11) is 0. The third kappa shape index (κ3) is 1.17. The van der Waals surface area contributed by atoms with E-state index in [2.05, 4.69) is 5.32 Å². The van der Waals surface area contributed by atoms with Crippen molar-refractivity contribution < 1.29 is 0 Å². The molecule has 0 aromatic rings. The van der Waals surface area contributed by atoms with Crippen molar-refractivity contribution in [1.82, 2.24) is 5.32 Å². The average molecular weight is 131 g/mol. The number of rotatable bonds is 0. The summed E-state index contributed by atoms with van der Waals surface area (Å²) >= 11 is 5.58. The molecule has 1 heterocycles. The zero-order valence-electron chi connectivity index (χ0n) is 4.32. The number of nitrogens with one attached hydrogen (secondary N) is 1. The number of hydrogen-bond acceptors (Lipinski definition) is 2. The highest BCUT2D eigenvalue weighted by atomic mass is 35.5. The molecule has 0 aliphatic carbocycles. The van der Waals surface area contributed by atoms with E-state index < -0.39 is 0 Å². The molecule has 0 unspecified atom stereocenters. The maximum atomic E-state index is 5.58. The van der Waals surface area contributed by atoms with Gasteiger partial charge >= 0.3 is 0 Å². The van der Waals surface area contributed by atoms with Crippen molar-refractivity contribution in [3.63, 3.8) is 0 Å². The Labute approximate surface area is 53.0 Å². The summed E-state index contributed by atoms with van der Waals surface area (Å²) in [5, 5.41) is 3.60. The summed E-state index contributed by atoms with van der Waals surface area (Å²) in [5.74, 6) is 0.637. The number of halogens is 1. The summed E-state index contributed by atoms with van der Waals surface area (Å²) in [6.07, 6.45) is 3.54. The van der Waals surface area contributed by atoms with E-state index in [4.69, 9.17) is 17.3 Å². The minimum atomic E-state index is 0.637. The molecule has 0 spiro atoms. The second-order valence-electron chi connectivity index (χ2n) is 1.57. The van der Waals surface area contributed by atoms with Gasteiger partial charge in [-0.2, -0.15) is 0 Å². The first-order chi connectivity index (χ1) is 3.79. The summed E-state index contributed by atoms with van der Waals surface area (Å²) in [5.41, 5.74) is 5.35. The highest BCUT2D eigenvalue weighted by Crippen LogP contribution is 2.05. The number of hydrogen-bond donors (Lipinski definition) is 2. The maximum Gasteiger partial charge on any atom is 0.0977 e. The molecule has 0 fully saturated rings. The van der Waals surface area contributed by atoms with E-state index in [0.29, 0.717) is 10.9 Å². The van der Waals surface area contributed by atoms with Gasteiger partial charge in [0.05, 0.1) is 5.82 Å². The molecule has 0 atom stereocenters. The summed E-state index contributed by atoms with van der Waals surface area (Å²) in [6, 6.07) is 0. The minimum Gasteiger partial charge on any atom is -0.385 e. The van der Waals surface area contributed by atoms with Gasteiger partial charge in [0.1, 0.15) is 0 Å². The summed E-state index contributed by atoms with van der Waals surface area (Å²) in [4.78, 5) is 0. The molecule has 0 saturated heterocycles. The zero-order valence-corrected chi connectivity index (χ0v) is 5.07. The van der Waals surface area contributed by atoms with Crippen molar-refractivity contribution in [2.75, 3.05) is 6.54 Å². The van der Waals surface area contributed by atoms with Crippen LogP contribution in [0.2, 0.25) is 0 Å². The quantitative estimate of drug-likeness (QED) is 0.502. The van der Waals surface area contributed by atoms with Crippen molar-refractivity contribution in [2.24, 2.45) is 5.73 Å². The molecule has 0 amide bonds. The summed E-state index contributed by atoms with van der Waals surface area (Å²) in [6.45, 7) is 0.737. The van der Waals surface area contributed by atoms with E-state index in [1.54, 1.807) is 6.08 Å². The second-order valence-corrected chi connectivity index (χ2v) is 2.01. The second kappa shape index (κ2) is 2.09. The molecule has 0 saturated carbocycles. The molecule has 0 bridgehead atoms. The van der Waals surface area contributed by atoms with Gasteiger partial charge in [-0.25, -0.2) is 0 Å². The van der Waals surface area contributed by atoms with Crippen molar-refractivity contribution in [3.05, 3.63) is 23.0 Å². The fourth-order valence-electron chi connectivity index (χ4n) is 0.525. The van der Waals surface area contributed by atoms with Crippen molar-refractivity contribution in [1.29, 1.82) is 0 Å². The van der Waals surface area contributed by atoms with Gasteiger partial charge in [0, 0.05) is 11.6 Å². The van der Waals surface area contributed by atoms with Crippen LogP contribution in [0.15, 0.2) is 23.0 Å². The largest absolute Gasteiger partial charge is 0.385 e. The first-order valence-electron chi connectivity index (χ1n) is 2.36. The van der Waals surface area contributed by atoms with Crippen LogP contribution in [0.3, 0.4) is 0 Å². The Morgan fingerprint density at radius 1 is 1.75 bits per heavy atom. The van der Waals surface area contributed by atoms with Crippen LogP contribution < -0.4 is 11.1 Å². The highest BCUT2D eigenvalue weighted by molar-refractivity contribution is 6.31. The monoisotopic (exact) mass is 130 g/mol. The van der Waals surface area contributed by atoms with E-state index in [1.165, 1.54) is 0 Å². The van der Waals surface area contributed by atoms with Gasteiger partial charge < -0.3 is 11.1 Å². The molecule has 0 aromatic carbocycles. The van der Waals surface area contributed by atoms with Crippen molar-refractivity contribution in [2.45, 2.75) is 0 Å². The highest BCUT2D eigenvalue weighted by Gasteiger charge is 1.95. The van der Waals surface area contributed by atoms with Crippen LogP contribution in [0.4, 0.5) is 0 Å². The van der Waals surface area contributed by atoms with Crippen LogP contribution >= 0.6 is 11.6 Å². The van der Waals surface area contributed by atoms with Gasteiger partial charge in [0.25, 0.3) is 0 Å². The molecule has 8 heavy (non-hydrogen) atoms. The van der Waals surface area contributed by atoms with Crippen LogP contribution in [-0.4, -0.2) is 6.54 Å². The number of dihydropyridines is 1. The van der Waals surface area contributed by atoms with Crippen LogP contribution in [0.5, 0.6) is 0 Å². The minimum absolute atomic E-state index is 0.637. The Morgan fingerprint density at radius 2 is 2.50 bits per heavy atom. The van der Waals surface area contributed by atoms with Crippen LogP contribution in [0.1, 0.15) is 0 Å². The molecule has 1 rings (SSSR count). The Morgan fingerprint density at radius 3 is 2.88 bits per heavy atom. The van der Waals surface area contributed by atoms with E-state index in [1.807, 2.05) is 6.08 Å². The first-order valence-corrected chi connectivity index (χ1v) is 2.73. The molecule has 0 aromatic heterocycles. The normalized spacial score (nSPS) is 18.6. The Hall–Kier alpha value is -0.630. The molecule has 0 radical (unpaired) electrons. The van der Waals surface area contributed by atoms with E-state index >= 15 is 0 Å².